The summed E-state index contributed by atoms with van der Waals surface area (Å²) in [6, 6.07) is 10.5. The van der Waals surface area contributed by atoms with Crippen molar-refractivity contribution in [3.05, 3.63) is 48.2 Å². The highest BCUT2D eigenvalue weighted by Crippen LogP contribution is 2.35. The molecule has 1 aromatic heterocycles. The molecule has 150 valence electrons. The number of piperidine rings is 1. The van der Waals surface area contributed by atoms with Crippen LogP contribution in [0, 0.1) is 0 Å². The van der Waals surface area contributed by atoms with Crippen molar-refractivity contribution >= 4 is 40.9 Å². The van der Waals surface area contributed by atoms with Crippen molar-refractivity contribution in [3.8, 4) is 0 Å². The molecule has 2 saturated heterocycles. The summed E-state index contributed by atoms with van der Waals surface area (Å²) in [4.78, 5) is 44.4. The molecule has 8 heteroatoms. The van der Waals surface area contributed by atoms with Crippen molar-refractivity contribution in [1.29, 1.82) is 0 Å². The van der Waals surface area contributed by atoms with Gasteiger partial charge in [-0.15, -0.1) is 0 Å². The lowest BCUT2D eigenvalue weighted by Gasteiger charge is -2.29. The van der Waals surface area contributed by atoms with Gasteiger partial charge in [0.2, 0.25) is 11.8 Å². The number of rotatable bonds is 5. The van der Waals surface area contributed by atoms with Crippen LogP contribution < -0.4 is 9.80 Å². The molecule has 2 fully saturated rings. The molecule has 1 atom stereocenters. The number of benzene rings is 1. The van der Waals surface area contributed by atoms with E-state index in [0.717, 1.165) is 30.5 Å². The number of hydrogen-bond donors (Lipinski definition) is 1. The molecule has 29 heavy (non-hydrogen) atoms. The lowest BCUT2D eigenvalue weighted by molar-refractivity contribution is -0.121. The van der Waals surface area contributed by atoms with Gasteiger partial charge in [0.1, 0.15) is 5.03 Å². The van der Waals surface area contributed by atoms with Crippen LogP contribution in [0.25, 0.3) is 0 Å². The fraction of sp³-hybridized carbons (Fsp3) is 0.333. The van der Waals surface area contributed by atoms with E-state index in [9.17, 15) is 19.5 Å². The van der Waals surface area contributed by atoms with E-state index in [-0.39, 0.29) is 28.8 Å². The number of aromatic carboxylic acids is 1. The van der Waals surface area contributed by atoms with Crippen molar-refractivity contribution < 1.29 is 19.5 Å². The molecule has 0 aliphatic carbocycles. The van der Waals surface area contributed by atoms with Crippen LogP contribution in [0.15, 0.2) is 47.6 Å². The summed E-state index contributed by atoms with van der Waals surface area (Å²) < 4.78 is 0. The second kappa shape index (κ2) is 8.24. The van der Waals surface area contributed by atoms with Crippen LogP contribution in [0.2, 0.25) is 0 Å². The van der Waals surface area contributed by atoms with Crippen molar-refractivity contribution in [3.63, 3.8) is 0 Å². The van der Waals surface area contributed by atoms with Crippen LogP contribution in [-0.2, 0) is 9.59 Å². The SMILES string of the molecule is O=C(O)c1cccnc1S[C@@H]1CC(=O)N(c2ccc(N3CCCCC3)cc2)C1=O. The highest BCUT2D eigenvalue weighted by Gasteiger charge is 2.41. The monoisotopic (exact) mass is 411 g/mol. The largest absolute Gasteiger partial charge is 0.478 e. The van der Waals surface area contributed by atoms with E-state index in [1.54, 1.807) is 12.1 Å². The topological polar surface area (TPSA) is 90.8 Å². The summed E-state index contributed by atoms with van der Waals surface area (Å²) in [6.07, 6.45) is 5.11. The number of carbonyl (C=O) groups is 3. The molecule has 2 aliphatic rings. The Balaban J connectivity index is 1.50. The molecule has 7 nitrogen and oxygen atoms in total. The summed E-state index contributed by atoms with van der Waals surface area (Å²) >= 11 is 1.03. The number of aromatic nitrogens is 1. The smallest absolute Gasteiger partial charge is 0.338 e. The first-order valence-electron chi connectivity index (χ1n) is 9.61. The van der Waals surface area contributed by atoms with Crippen LogP contribution in [0.5, 0.6) is 0 Å². The third-order valence-corrected chi connectivity index (χ3v) is 6.39. The van der Waals surface area contributed by atoms with E-state index >= 15 is 0 Å². The maximum Gasteiger partial charge on any atom is 0.338 e. The number of amides is 2. The highest BCUT2D eigenvalue weighted by atomic mass is 32.2. The van der Waals surface area contributed by atoms with E-state index in [2.05, 4.69) is 9.88 Å². The van der Waals surface area contributed by atoms with E-state index < -0.39 is 11.2 Å². The van der Waals surface area contributed by atoms with Gasteiger partial charge in [-0.3, -0.25) is 9.59 Å². The molecule has 0 unspecified atom stereocenters. The third-order valence-electron chi connectivity index (χ3n) is 5.19. The van der Waals surface area contributed by atoms with E-state index in [1.807, 2.05) is 12.1 Å². The molecule has 0 spiro atoms. The number of pyridine rings is 1. The van der Waals surface area contributed by atoms with Crippen LogP contribution in [-0.4, -0.2) is 46.2 Å². The van der Waals surface area contributed by atoms with Gasteiger partial charge in [0.25, 0.3) is 0 Å². The van der Waals surface area contributed by atoms with Gasteiger partial charge in [0.05, 0.1) is 16.5 Å². The minimum atomic E-state index is -1.11. The minimum absolute atomic E-state index is 0.0208. The van der Waals surface area contributed by atoms with Crippen LogP contribution in [0.3, 0.4) is 0 Å². The normalized spacial score (nSPS) is 19.7. The Bertz CT molecular complexity index is 941. The molecule has 1 aromatic carbocycles. The van der Waals surface area contributed by atoms with Gasteiger partial charge in [-0.25, -0.2) is 14.7 Å². The van der Waals surface area contributed by atoms with E-state index in [4.69, 9.17) is 0 Å². The molecular formula is C21H21N3O4S. The van der Waals surface area contributed by atoms with Crippen molar-refractivity contribution in [2.45, 2.75) is 36.0 Å². The lowest BCUT2D eigenvalue weighted by atomic mass is 10.1. The maximum atomic E-state index is 12.9. The molecule has 4 rings (SSSR count). The van der Waals surface area contributed by atoms with Gasteiger partial charge in [0, 0.05) is 31.4 Å². The van der Waals surface area contributed by atoms with E-state index in [1.165, 1.54) is 42.5 Å². The zero-order chi connectivity index (χ0) is 20.4. The summed E-state index contributed by atoms with van der Waals surface area (Å²) in [5.74, 6) is -1.73. The Morgan fingerprint density at radius 2 is 1.72 bits per heavy atom. The maximum absolute atomic E-state index is 12.9. The Morgan fingerprint density at radius 1 is 1.03 bits per heavy atom. The molecule has 3 heterocycles. The molecule has 2 aliphatic heterocycles. The number of imide groups is 1. The molecule has 2 amide bonds. The first-order chi connectivity index (χ1) is 14.0. The summed E-state index contributed by atoms with van der Waals surface area (Å²) in [5.41, 5.74) is 1.67. The second-order valence-electron chi connectivity index (χ2n) is 7.10. The van der Waals surface area contributed by atoms with Gasteiger partial charge >= 0.3 is 5.97 Å². The van der Waals surface area contributed by atoms with Gasteiger partial charge < -0.3 is 10.0 Å². The van der Waals surface area contributed by atoms with Gasteiger partial charge in [-0.2, -0.15) is 0 Å². The molecule has 0 radical (unpaired) electrons. The Morgan fingerprint density at radius 3 is 2.41 bits per heavy atom. The quantitative estimate of drug-likeness (QED) is 0.756. The van der Waals surface area contributed by atoms with E-state index in [0.29, 0.717) is 5.69 Å². The van der Waals surface area contributed by atoms with Crippen molar-refractivity contribution in [2.24, 2.45) is 0 Å². The fourth-order valence-corrected chi connectivity index (χ4v) is 4.82. The number of nitrogens with zero attached hydrogens (tertiary/aromatic N) is 3. The first-order valence-corrected chi connectivity index (χ1v) is 10.5. The zero-order valence-corrected chi connectivity index (χ0v) is 16.6. The standard InChI is InChI=1S/C21H21N3O4S/c25-18-13-17(29-19-16(21(27)28)5-4-10-22-19)20(26)24(18)15-8-6-14(7-9-15)23-11-2-1-3-12-23/h4-10,17H,1-3,11-13H2,(H,27,28)/t17-/m1/s1. The van der Waals surface area contributed by atoms with Gasteiger partial charge in [-0.05, 0) is 55.7 Å². The molecular weight excluding hydrogens is 390 g/mol. The first kappa shape index (κ1) is 19.4. The molecule has 0 bridgehead atoms. The van der Waals surface area contributed by atoms with Gasteiger partial charge in [0.15, 0.2) is 0 Å². The van der Waals surface area contributed by atoms with Crippen LogP contribution >= 0.6 is 11.8 Å². The number of carboxylic acid groups (broad SMARTS) is 1. The lowest BCUT2D eigenvalue weighted by Crippen LogP contribution is -2.31. The minimum Gasteiger partial charge on any atom is -0.478 e. The Kier molecular flexibility index (Phi) is 5.53. The molecule has 2 aromatic rings. The van der Waals surface area contributed by atoms with Crippen LogP contribution in [0.1, 0.15) is 36.0 Å². The molecule has 1 N–H and O–H groups in total. The number of anilines is 2. The zero-order valence-electron chi connectivity index (χ0n) is 15.8. The molecule has 0 saturated carbocycles. The number of carboxylic acids is 1. The summed E-state index contributed by atoms with van der Waals surface area (Å²) in [6.45, 7) is 2.05. The van der Waals surface area contributed by atoms with Gasteiger partial charge in [-0.1, -0.05) is 11.8 Å². The fourth-order valence-electron chi connectivity index (χ4n) is 3.71. The van der Waals surface area contributed by atoms with Crippen molar-refractivity contribution in [1.82, 2.24) is 4.98 Å². The predicted octanol–water partition coefficient (Wildman–Crippen LogP) is 3.19. The summed E-state index contributed by atoms with van der Waals surface area (Å²) in [7, 11) is 0. The number of thioether (sulfide) groups is 1. The summed E-state index contributed by atoms with van der Waals surface area (Å²) in [5, 5.41) is 8.86. The average molecular weight is 411 g/mol. The average Bonchev–Trinajstić information content (AvgIpc) is 3.02. The Hall–Kier alpha value is -2.87. The second-order valence-corrected chi connectivity index (χ2v) is 8.29. The van der Waals surface area contributed by atoms with Crippen LogP contribution in [0.4, 0.5) is 11.4 Å². The number of carbonyl (C=O) groups excluding carboxylic acids is 2. The van der Waals surface area contributed by atoms with Crippen molar-refractivity contribution in [2.75, 3.05) is 22.9 Å². The number of hydrogen-bond acceptors (Lipinski definition) is 6. The third kappa shape index (κ3) is 3.98. The Labute approximate surface area is 172 Å². The predicted molar refractivity (Wildman–Crippen MR) is 110 cm³/mol. The highest BCUT2D eigenvalue weighted by molar-refractivity contribution is 8.00.